The number of nitrogens with zero attached hydrogens (tertiary/aromatic N) is 1. The summed E-state index contributed by atoms with van der Waals surface area (Å²) in [6, 6.07) is 1.57. The molecule has 0 aliphatic carbocycles. The van der Waals surface area contributed by atoms with E-state index >= 15 is 0 Å². The Balaban J connectivity index is 2.84. The first-order valence-corrected chi connectivity index (χ1v) is 7.07. The van der Waals surface area contributed by atoms with Gasteiger partial charge in [-0.15, -0.1) is 11.3 Å². The number of rotatable bonds is 5. The molecule has 0 unspecified atom stereocenters. The lowest BCUT2D eigenvalue weighted by Gasteiger charge is -2.23. The van der Waals surface area contributed by atoms with Gasteiger partial charge in [-0.1, -0.05) is 0 Å². The third-order valence-corrected chi connectivity index (χ3v) is 4.11. The van der Waals surface area contributed by atoms with Gasteiger partial charge in [-0.2, -0.15) is 13.2 Å². The van der Waals surface area contributed by atoms with Crippen molar-refractivity contribution in [3.8, 4) is 0 Å². The lowest BCUT2D eigenvalue weighted by molar-refractivity contribution is -0.146. The van der Waals surface area contributed by atoms with E-state index < -0.39 is 24.6 Å². The third kappa shape index (κ3) is 5.12. The molecule has 0 radical (unpaired) electrons. The molecule has 1 amide bonds. The molecule has 0 bridgehead atoms. The third-order valence-electron chi connectivity index (χ3n) is 2.28. The van der Waals surface area contributed by atoms with Gasteiger partial charge >= 0.3 is 12.1 Å². The van der Waals surface area contributed by atoms with Crippen LogP contribution in [0.15, 0.2) is 15.9 Å². The Kier molecular flexibility index (Phi) is 6.00. The van der Waals surface area contributed by atoms with E-state index in [1.165, 1.54) is 0 Å². The van der Waals surface area contributed by atoms with E-state index in [0.29, 0.717) is 9.37 Å². The van der Waals surface area contributed by atoms with Gasteiger partial charge in [0.2, 0.25) is 0 Å². The van der Waals surface area contributed by atoms with Gasteiger partial charge in [0.15, 0.2) is 0 Å². The number of hydrogen-bond acceptors (Lipinski definition) is 4. The maximum absolute atomic E-state index is 12.5. The number of thiophene rings is 1. The van der Waals surface area contributed by atoms with E-state index in [1.54, 1.807) is 11.4 Å². The highest BCUT2D eigenvalue weighted by Crippen LogP contribution is 2.26. The topological polar surface area (TPSA) is 46.6 Å². The number of alkyl halides is 3. The van der Waals surface area contributed by atoms with Crippen molar-refractivity contribution in [3.63, 3.8) is 0 Å². The van der Waals surface area contributed by atoms with Crippen LogP contribution in [0.5, 0.6) is 0 Å². The zero-order chi connectivity index (χ0) is 15.3. The molecule has 20 heavy (non-hydrogen) atoms. The van der Waals surface area contributed by atoms with Gasteiger partial charge in [0.1, 0.15) is 11.4 Å². The lowest BCUT2D eigenvalue weighted by Crippen LogP contribution is -2.40. The predicted octanol–water partition coefficient (Wildman–Crippen LogP) is 3.08. The summed E-state index contributed by atoms with van der Waals surface area (Å²) < 4.78 is 42.3. The van der Waals surface area contributed by atoms with Crippen molar-refractivity contribution in [2.75, 3.05) is 20.2 Å². The molecule has 1 heterocycles. The number of methoxy groups -OCH3 is 1. The maximum Gasteiger partial charge on any atom is 0.406 e. The molecule has 0 spiro atoms. The number of carbonyl (C=O) groups is 2. The summed E-state index contributed by atoms with van der Waals surface area (Å²) in [5.74, 6) is -1.44. The Morgan fingerprint density at radius 1 is 1.45 bits per heavy atom. The van der Waals surface area contributed by atoms with Crippen molar-refractivity contribution < 1.29 is 27.5 Å². The fourth-order valence-corrected chi connectivity index (χ4v) is 2.89. The first-order chi connectivity index (χ1) is 9.24. The van der Waals surface area contributed by atoms with E-state index in [0.717, 1.165) is 18.4 Å². The summed E-state index contributed by atoms with van der Waals surface area (Å²) in [6.07, 6.45) is -4.82. The van der Waals surface area contributed by atoms with Crippen LogP contribution < -0.4 is 0 Å². The molecule has 0 saturated heterocycles. The molecule has 0 aromatic carbocycles. The number of amides is 1. The van der Waals surface area contributed by atoms with Gasteiger partial charge in [0, 0.05) is 11.0 Å². The smallest absolute Gasteiger partial charge is 0.406 e. The Hall–Kier alpha value is -1.09. The summed E-state index contributed by atoms with van der Waals surface area (Å²) in [7, 11) is 1.13. The highest BCUT2D eigenvalue weighted by molar-refractivity contribution is 9.10. The molecular weight excluding hydrogens is 363 g/mol. The van der Waals surface area contributed by atoms with Crippen molar-refractivity contribution in [3.05, 3.63) is 20.8 Å². The van der Waals surface area contributed by atoms with Crippen LogP contribution in [0.2, 0.25) is 0 Å². The van der Waals surface area contributed by atoms with Gasteiger partial charge in [0.05, 0.1) is 13.5 Å². The van der Waals surface area contributed by atoms with Gasteiger partial charge in [-0.25, -0.2) is 0 Å². The average Bonchev–Trinajstić information content (AvgIpc) is 2.78. The summed E-state index contributed by atoms with van der Waals surface area (Å²) in [5.41, 5.74) is 0. The first kappa shape index (κ1) is 17.0. The average molecular weight is 374 g/mol. The fraction of sp³-hybridized carbons (Fsp3) is 0.455. The molecule has 9 heteroatoms. The number of halogens is 4. The number of ether oxygens (including phenoxy) is 1. The van der Waals surface area contributed by atoms with Crippen molar-refractivity contribution >= 4 is 39.1 Å². The molecule has 0 atom stereocenters. The summed E-state index contributed by atoms with van der Waals surface area (Å²) in [5, 5.41) is 1.59. The van der Waals surface area contributed by atoms with Gasteiger partial charge in [-0.3, -0.25) is 9.59 Å². The second kappa shape index (κ2) is 7.07. The van der Waals surface area contributed by atoms with Crippen LogP contribution in [0, 0.1) is 0 Å². The molecule has 0 fully saturated rings. The Morgan fingerprint density at radius 2 is 2.10 bits per heavy atom. The van der Waals surface area contributed by atoms with Gasteiger partial charge in [-0.05, 0) is 27.4 Å². The number of esters is 1. The second-order valence-corrected chi connectivity index (χ2v) is 5.54. The molecule has 0 N–H and O–H groups in total. The van der Waals surface area contributed by atoms with Crippen molar-refractivity contribution in [1.29, 1.82) is 0 Å². The minimum absolute atomic E-state index is 0.166. The molecule has 0 aliphatic heterocycles. The summed E-state index contributed by atoms with van der Waals surface area (Å²) in [6.45, 7) is -1.76. The van der Waals surface area contributed by atoms with E-state index in [2.05, 4.69) is 20.7 Å². The van der Waals surface area contributed by atoms with Crippen LogP contribution in [-0.4, -0.2) is 43.2 Å². The van der Waals surface area contributed by atoms with Crippen molar-refractivity contribution in [2.45, 2.75) is 12.6 Å². The quantitative estimate of drug-likeness (QED) is 0.745. The lowest BCUT2D eigenvalue weighted by atomic mass is 10.3. The molecule has 4 nitrogen and oxygen atoms in total. The molecule has 0 saturated carbocycles. The van der Waals surface area contributed by atoms with Crippen LogP contribution in [0.1, 0.15) is 16.1 Å². The minimum atomic E-state index is -4.53. The highest BCUT2D eigenvalue weighted by Gasteiger charge is 2.34. The monoisotopic (exact) mass is 373 g/mol. The maximum atomic E-state index is 12.5. The van der Waals surface area contributed by atoms with Gasteiger partial charge in [0.25, 0.3) is 5.91 Å². The summed E-state index contributed by atoms with van der Waals surface area (Å²) >= 11 is 4.13. The number of hydrogen-bond donors (Lipinski definition) is 0. The summed E-state index contributed by atoms with van der Waals surface area (Å²) in [4.78, 5) is 23.8. The van der Waals surface area contributed by atoms with E-state index in [9.17, 15) is 22.8 Å². The van der Waals surface area contributed by atoms with E-state index in [-0.39, 0.29) is 17.8 Å². The minimum Gasteiger partial charge on any atom is -0.469 e. The van der Waals surface area contributed by atoms with Crippen LogP contribution >= 0.6 is 27.3 Å². The normalized spacial score (nSPS) is 11.2. The van der Waals surface area contributed by atoms with Crippen molar-refractivity contribution in [2.24, 2.45) is 0 Å². The standard InChI is InChI=1S/C11H11BrF3NO3S/c1-19-8(17)2-4-16(6-11(13,14)15)10(18)9-7(12)3-5-20-9/h3,5H,2,4,6H2,1H3. The van der Waals surface area contributed by atoms with Gasteiger partial charge < -0.3 is 9.64 Å². The molecule has 1 aromatic rings. The van der Waals surface area contributed by atoms with Crippen LogP contribution in [0.3, 0.4) is 0 Å². The first-order valence-electron chi connectivity index (χ1n) is 5.40. The number of carbonyl (C=O) groups excluding carboxylic acids is 2. The largest absolute Gasteiger partial charge is 0.469 e. The molecule has 1 aromatic heterocycles. The molecule has 1 rings (SSSR count). The van der Waals surface area contributed by atoms with Crippen LogP contribution in [-0.2, 0) is 9.53 Å². The second-order valence-electron chi connectivity index (χ2n) is 3.77. The van der Waals surface area contributed by atoms with E-state index in [4.69, 9.17) is 0 Å². The zero-order valence-electron chi connectivity index (χ0n) is 10.4. The Labute approximate surface area is 125 Å². The Bertz CT molecular complexity index is 490. The van der Waals surface area contributed by atoms with Crippen LogP contribution in [0.4, 0.5) is 13.2 Å². The van der Waals surface area contributed by atoms with Crippen molar-refractivity contribution in [1.82, 2.24) is 4.90 Å². The molecular formula is C11H11BrF3NO3S. The molecule has 112 valence electrons. The Morgan fingerprint density at radius 3 is 2.55 bits per heavy atom. The van der Waals surface area contributed by atoms with E-state index in [1.807, 2.05) is 0 Å². The highest BCUT2D eigenvalue weighted by atomic mass is 79.9. The predicted molar refractivity (Wildman–Crippen MR) is 70.6 cm³/mol. The fourth-order valence-electron chi connectivity index (χ4n) is 1.39. The molecule has 0 aliphatic rings. The van der Waals surface area contributed by atoms with Crippen LogP contribution in [0.25, 0.3) is 0 Å². The SMILES string of the molecule is COC(=O)CCN(CC(F)(F)F)C(=O)c1sccc1Br. The zero-order valence-corrected chi connectivity index (χ0v) is 12.8.